The smallest absolute Gasteiger partial charge is 0.251 e. The molecule has 0 heterocycles. The summed E-state index contributed by atoms with van der Waals surface area (Å²) in [6.45, 7) is 3.80. The molecule has 24 heavy (non-hydrogen) atoms. The molecular formula is C18H24N2O4. The van der Waals surface area contributed by atoms with E-state index in [9.17, 15) is 14.7 Å². The summed E-state index contributed by atoms with van der Waals surface area (Å²) in [4.78, 5) is 23.8. The second kappa shape index (κ2) is 7.97. The molecule has 3 N–H and O–H groups in total. The van der Waals surface area contributed by atoms with Crippen LogP contribution in [0.1, 0.15) is 42.5 Å². The van der Waals surface area contributed by atoms with Crippen LogP contribution in [-0.2, 0) is 9.53 Å². The van der Waals surface area contributed by atoms with Gasteiger partial charge in [0.1, 0.15) is 5.75 Å². The standard InChI is InChI=1S/C18H24N2O4/c1-3-16(22)20-14-11-13(7-8-15(14)21)17(23)19-12-18(24-2)9-5-4-6-10-18/h3,7-8,11,21H,1,4-6,9-10,12H2,2H3,(H,19,23)(H,20,22). The van der Waals surface area contributed by atoms with E-state index in [2.05, 4.69) is 17.2 Å². The van der Waals surface area contributed by atoms with E-state index in [1.165, 1.54) is 24.6 Å². The van der Waals surface area contributed by atoms with Gasteiger partial charge < -0.3 is 20.5 Å². The van der Waals surface area contributed by atoms with Crippen LogP contribution in [0.15, 0.2) is 30.9 Å². The van der Waals surface area contributed by atoms with Crippen LogP contribution in [0.2, 0.25) is 0 Å². The maximum absolute atomic E-state index is 12.4. The Morgan fingerprint density at radius 3 is 2.67 bits per heavy atom. The molecule has 2 amide bonds. The van der Waals surface area contributed by atoms with Crippen molar-refractivity contribution < 1.29 is 19.4 Å². The lowest BCUT2D eigenvalue weighted by Gasteiger charge is -2.36. The van der Waals surface area contributed by atoms with Crippen LogP contribution in [0.25, 0.3) is 0 Å². The number of rotatable bonds is 6. The fraction of sp³-hybridized carbons (Fsp3) is 0.444. The summed E-state index contributed by atoms with van der Waals surface area (Å²) < 4.78 is 5.65. The third-order valence-corrected chi connectivity index (χ3v) is 4.47. The Bertz CT molecular complexity index is 621. The quantitative estimate of drug-likeness (QED) is 0.552. The van der Waals surface area contributed by atoms with Gasteiger partial charge in [0.2, 0.25) is 5.91 Å². The number of phenolic OH excluding ortho intramolecular Hbond substituents is 1. The van der Waals surface area contributed by atoms with Crippen molar-refractivity contribution in [2.75, 3.05) is 19.0 Å². The molecule has 1 saturated carbocycles. The second-order valence-electron chi connectivity index (χ2n) is 6.06. The maximum Gasteiger partial charge on any atom is 0.251 e. The number of aromatic hydroxyl groups is 1. The topological polar surface area (TPSA) is 87.7 Å². The minimum atomic E-state index is -0.455. The van der Waals surface area contributed by atoms with Gasteiger partial charge in [-0.3, -0.25) is 9.59 Å². The van der Waals surface area contributed by atoms with Gasteiger partial charge in [-0.25, -0.2) is 0 Å². The summed E-state index contributed by atoms with van der Waals surface area (Å²) in [5.74, 6) is -0.836. The van der Waals surface area contributed by atoms with E-state index < -0.39 is 5.91 Å². The lowest BCUT2D eigenvalue weighted by molar-refractivity contribution is -0.111. The predicted octanol–water partition coefficient (Wildman–Crippen LogP) is 2.60. The SMILES string of the molecule is C=CC(=O)Nc1cc(C(=O)NCC2(OC)CCCCC2)ccc1O. The summed E-state index contributed by atoms with van der Waals surface area (Å²) in [6, 6.07) is 4.32. The highest BCUT2D eigenvalue weighted by molar-refractivity contribution is 6.02. The second-order valence-corrected chi connectivity index (χ2v) is 6.06. The first-order valence-electron chi connectivity index (χ1n) is 8.09. The summed E-state index contributed by atoms with van der Waals surface area (Å²) >= 11 is 0. The number of carbonyl (C=O) groups excluding carboxylic acids is 2. The van der Waals surface area contributed by atoms with Crippen LogP contribution in [-0.4, -0.2) is 36.2 Å². The average Bonchev–Trinajstić information content (AvgIpc) is 2.62. The maximum atomic E-state index is 12.4. The third-order valence-electron chi connectivity index (χ3n) is 4.47. The first kappa shape index (κ1) is 18.0. The molecule has 0 atom stereocenters. The van der Waals surface area contributed by atoms with Crippen molar-refractivity contribution >= 4 is 17.5 Å². The van der Waals surface area contributed by atoms with Crippen molar-refractivity contribution in [2.45, 2.75) is 37.7 Å². The number of anilines is 1. The number of phenols is 1. The van der Waals surface area contributed by atoms with E-state index in [1.54, 1.807) is 7.11 Å². The molecule has 1 aromatic carbocycles. The fourth-order valence-corrected chi connectivity index (χ4v) is 2.95. The highest BCUT2D eigenvalue weighted by Crippen LogP contribution is 2.30. The molecule has 0 spiro atoms. The lowest BCUT2D eigenvalue weighted by atomic mass is 9.84. The van der Waals surface area contributed by atoms with Crippen LogP contribution < -0.4 is 10.6 Å². The van der Waals surface area contributed by atoms with E-state index in [0.717, 1.165) is 31.8 Å². The Labute approximate surface area is 141 Å². The van der Waals surface area contributed by atoms with E-state index in [1.807, 2.05) is 0 Å². The van der Waals surface area contributed by atoms with Gasteiger partial charge in [0, 0.05) is 19.2 Å². The molecule has 1 aromatic rings. The zero-order valence-corrected chi connectivity index (χ0v) is 13.9. The predicted molar refractivity (Wildman–Crippen MR) is 92.1 cm³/mol. The highest BCUT2D eigenvalue weighted by atomic mass is 16.5. The van der Waals surface area contributed by atoms with Crippen molar-refractivity contribution in [2.24, 2.45) is 0 Å². The van der Waals surface area contributed by atoms with E-state index >= 15 is 0 Å². The van der Waals surface area contributed by atoms with E-state index in [0.29, 0.717) is 12.1 Å². The van der Waals surface area contributed by atoms with Gasteiger partial charge in [-0.2, -0.15) is 0 Å². The van der Waals surface area contributed by atoms with Gasteiger partial charge in [-0.05, 0) is 37.1 Å². The molecule has 6 nitrogen and oxygen atoms in total. The number of hydrogen-bond acceptors (Lipinski definition) is 4. The van der Waals surface area contributed by atoms with Crippen molar-refractivity contribution in [3.63, 3.8) is 0 Å². The molecule has 0 saturated heterocycles. The molecule has 0 aliphatic heterocycles. The van der Waals surface area contributed by atoms with Gasteiger partial charge >= 0.3 is 0 Å². The number of nitrogens with one attached hydrogen (secondary N) is 2. The molecular weight excluding hydrogens is 308 g/mol. The fourth-order valence-electron chi connectivity index (χ4n) is 2.95. The van der Waals surface area contributed by atoms with Crippen LogP contribution in [0, 0.1) is 0 Å². The largest absolute Gasteiger partial charge is 0.506 e. The number of carbonyl (C=O) groups is 2. The van der Waals surface area contributed by atoms with Crippen molar-refractivity contribution in [3.8, 4) is 5.75 Å². The number of methoxy groups -OCH3 is 1. The minimum Gasteiger partial charge on any atom is -0.506 e. The molecule has 1 aliphatic carbocycles. The van der Waals surface area contributed by atoms with Gasteiger partial charge in [0.25, 0.3) is 5.91 Å². The lowest BCUT2D eigenvalue weighted by Crippen LogP contribution is -2.45. The third kappa shape index (κ3) is 4.35. The Hall–Kier alpha value is -2.34. The number of benzene rings is 1. The minimum absolute atomic E-state index is 0.109. The highest BCUT2D eigenvalue weighted by Gasteiger charge is 2.32. The number of amides is 2. The van der Waals surface area contributed by atoms with Crippen LogP contribution in [0.4, 0.5) is 5.69 Å². The van der Waals surface area contributed by atoms with Gasteiger partial charge in [-0.15, -0.1) is 0 Å². The monoisotopic (exact) mass is 332 g/mol. The molecule has 0 aromatic heterocycles. The zero-order chi connectivity index (χ0) is 17.6. The van der Waals surface area contributed by atoms with E-state index in [4.69, 9.17) is 4.74 Å². The Kier molecular flexibility index (Phi) is 5.98. The Morgan fingerprint density at radius 1 is 1.33 bits per heavy atom. The molecule has 0 radical (unpaired) electrons. The summed E-state index contributed by atoms with van der Waals surface area (Å²) in [6.07, 6.45) is 6.35. The average molecular weight is 332 g/mol. The molecule has 6 heteroatoms. The number of ether oxygens (including phenoxy) is 1. The van der Waals surface area contributed by atoms with Crippen molar-refractivity contribution in [3.05, 3.63) is 36.4 Å². The van der Waals surface area contributed by atoms with Gasteiger partial charge in [-0.1, -0.05) is 25.8 Å². The van der Waals surface area contributed by atoms with Crippen molar-refractivity contribution in [1.82, 2.24) is 5.32 Å². The molecule has 1 aliphatic rings. The van der Waals surface area contributed by atoms with Crippen LogP contribution in [0.3, 0.4) is 0 Å². The van der Waals surface area contributed by atoms with Gasteiger partial charge in [0.15, 0.2) is 0 Å². The van der Waals surface area contributed by atoms with Gasteiger partial charge in [0.05, 0.1) is 11.3 Å². The number of hydrogen-bond donors (Lipinski definition) is 3. The van der Waals surface area contributed by atoms with Crippen LogP contribution in [0.5, 0.6) is 5.75 Å². The first-order chi connectivity index (χ1) is 11.5. The summed E-state index contributed by atoms with van der Waals surface area (Å²) in [5.41, 5.74) is 0.228. The molecule has 1 fully saturated rings. The zero-order valence-electron chi connectivity index (χ0n) is 13.9. The molecule has 130 valence electrons. The van der Waals surface area contributed by atoms with Crippen LogP contribution >= 0.6 is 0 Å². The summed E-state index contributed by atoms with van der Waals surface area (Å²) in [5, 5.41) is 15.1. The molecule has 0 bridgehead atoms. The Balaban J connectivity index is 2.05. The molecule has 2 rings (SSSR count). The summed E-state index contributed by atoms with van der Waals surface area (Å²) in [7, 11) is 1.68. The van der Waals surface area contributed by atoms with E-state index in [-0.39, 0.29) is 22.9 Å². The van der Waals surface area contributed by atoms with Crippen molar-refractivity contribution in [1.29, 1.82) is 0 Å². The molecule has 0 unspecified atom stereocenters. The Morgan fingerprint density at radius 2 is 2.04 bits per heavy atom. The normalized spacial score (nSPS) is 16.2. The first-order valence-corrected chi connectivity index (χ1v) is 8.09.